The molecule has 4 rings (SSSR count). The largest absolute Gasteiger partial charge is 0.493 e. The highest BCUT2D eigenvalue weighted by Gasteiger charge is 2.26. The number of aromatic nitrogens is 1. The van der Waals surface area contributed by atoms with Crippen molar-refractivity contribution in [3.8, 4) is 5.75 Å². The number of hydrogen-bond acceptors (Lipinski definition) is 4. The quantitative estimate of drug-likeness (QED) is 0.553. The van der Waals surface area contributed by atoms with Crippen LogP contribution in [-0.4, -0.2) is 7.11 Å². The Morgan fingerprint density at radius 3 is 2.96 bits per heavy atom. The summed E-state index contributed by atoms with van der Waals surface area (Å²) >= 11 is 0. The van der Waals surface area contributed by atoms with E-state index in [1.165, 1.54) is 5.56 Å². The van der Waals surface area contributed by atoms with E-state index < -0.39 is 5.63 Å². The molecule has 0 saturated heterocycles. The standard InChI is InChI=1S/C18H18N2O3/c1-9-6-7-12-11(8-9)14-10-4-3-5-13(22-2)16(10)23-18(21)15(14)17(19)20-12/h3-5,9H,6-8H2,1-2H3,(H2,19,20)/p+1. The number of fused-ring (bicyclic) bond motifs is 5. The summed E-state index contributed by atoms with van der Waals surface area (Å²) in [5.74, 6) is 1.52. The van der Waals surface area contributed by atoms with E-state index >= 15 is 0 Å². The minimum Gasteiger partial charge on any atom is -0.493 e. The van der Waals surface area contributed by atoms with Crippen molar-refractivity contribution in [2.75, 3.05) is 12.8 Å². The number of H-pyrrole nitrogens is 1. The molecule has 0 radical (unpaired) electrons. The molecule has 1 atom stereocenters. The maximum atomic E-state index is 12.5. The number of nitrogens with two attached hydrogens (primary N) is 1. The summed E-state index contributed by atoms with van der Waals surface area (Å²) in [6.45, 7) is 2.24. The molecular weight excluding hydrogens is 292 g/mol. The van der Waals surface area contributed by atoms with E-state index in [0.29, 0.717) is 28.5 Å². The molecule has 0 bridgehead atoms. The molecular formula is C18H19N2O3+. The average Bonchev–Trinajstić information content (AvgIpc) is 2.54. The van der Waals surface area contributed by atoms with Gasteiger partial charge in [0.05, 0.1) is 7.11 Å². The van der Waals surface area contributed by atoms with Gasteiger partial charge in [0.1, 0.15) is 5.69 Å². The summed E-state index contributed by atoms with van der Waals surface area (Å²) < 4.78 is 10.9. The maximum absolute atomic E-state index is 12.5. The summed E-state index contributed by atoms with van der Waals surface area (Å²) in [6, 6.07) is 5.67. The number of benzene rings is 1. The van der Waals surface area contributed by atoms with Gasteiger partial charge in [-0.25, -0.2) is 9.78 Å². The number of para-hydroxylation sites is 1. The van der Waals surface area contributed by atoms with Crippen LogP contribution in [0.3, 0.4) is 0 Å². The molecule has 23 heavy (non-hydrogen) atoms. The number of hydrogen-bond donors (Lipinski definition) is 1. The predicted octanol–water partition coefficient (Wildman–Crippen LogP) is 2.48. The fourth-order valence-corrected chi connectivity index (χ4v) is 3.65. The third-order valence-corrected chi connectivity index (χ3v) is 4.78. The van der Waals surface area contributed by atoms with E-state index in [-0.39, 0.29) is 0 Å². The summed E-state index contributed by atoms with van der Waals surface area (Å²) in [5, 5.41) is 2.23. The van der Waals surface area contributed by atoms with Crippen LogP contribution in [-0.2, 0) is 12.8 Å². The van der Waals surface area contributed by atoms with Crippen LogP contribution >= 0.6 is 0 Å². The van der Waals surface area contributed by atoms with Crippen molar-refractivity contribution in [2.24, 2.45) is 5.92 Å². The average molecular weight is 311 g/mol. The number of aryl methyl sites for hydroxylation is 1. The molecule has 5 heteroatoms. The number of anilines is 1. The molecule has 5 nitrogen and oxygen atoms in total. The van der Waals surface area contributed by atoms with Gasteiger partial charge in [0.2, 0.25) is 0 Å². The van der Waals surface area contributed by atoms with Crippen molar-refractivity contribution < 1.29 is 14.1 Å². The summed E-state index contributed by atoms with van der Waals surface area (Å²) in [5.41, 5.74) is 8.50. The number of nitrogen functional groups attached to an aromatic ring is 1. The first kappa shape index (κ1) is 14.1. The zero-order chi connectivity index (χ0) is 16.1. The van der Waals surface area contributed by atoms with Crippen LogP contribution < -0.4 is 21.1 Å². The van der Waals surface area contributed by atoms with Crippen LogP contribution in [0.1, 0.15) is 24.6 Å². The van der Waals surface area contributed by atoms with Crippen LogP contribution in [0.4, 0.5) is 5.82 Å². The molecule has 1 aromatic carbocycles. The molecule has 2 aromatic heterocycles. The third-order valence-electron chi connectivity index (χ3n) is 4.78. The maximum Gasteiger partial charge on any atom is 0.352 e. The number of rotatable bonds is 1. The van der Waals surface area contributed by atoms with E-state index in [2.05, 4.69) is 11.9 Å². The van der Waals surface area contributed by atoms with Crippen LogP contribution in [0, 0.1) is 5.92 Å². The van der Waals surface area contributed by atoms with Gasteiger partial charge in [0.15, 0.2) is 16.7 Å². The van der Waals surface area contributed by atoms with E-state index in [1.54, 1.807) is 13.2 Å². The fourth-order valence-electron chi connectivity index (χ4n) is 3.65. The molecule has 2 heterocycles. The molecule has 3 aromatic rings. The summed E-state index contributed by atoms with van der Waals surface area (Å²) in [4.78, 5) is 15.7. The van der Waals surface area contributed by atoms with E-state index in [4.69, 9.17) is 14.9 Å². The van der Waals surface area contributed by atoms with Crippen molar-refractivity contribution >= 4 is 27.6 Å². The first-order valence-electron chi connectivity index (χ1n) is 7.86. The smallest absolute Gasteiger partial charge is 0.352 e. The third kappa shape index (κ3) is 2.00. The van der Waals surface area contributed by atoms with Gasteiger partial charge < -0.3 is 9.15 Å². The fraction of sp³-hybridized carbons (Fsp3) is 0.333. The van der Waals surface area contributed by atoms with Gasteiger partial charge in [-0.1, -0.05) is 19.1 Å². The van der Waals surface area contributed by atoms with Gasteiger partial charge in [-0.2, -0.15) is 0 Å². The second-order valence-corrected chi connectivity index (χ2v) is 6.32. The SMILES string of the molecule is COc1cccc2c1oc(=O)c1c(N)[nH+]c3c(c12)CC(C)CC3. The molecule has 1 aliphatic rings. The van der Waals surface area contributed by atoms with Gasteiger partial charge >= 0.3 is 5.63 Å². The highest BCUT2D eigenvalue weighted by Crippen LogP contribution is 2.36. The van der Waals surface area contributed by atoms with Gasteiger partial charge in [0, 0.05) is 22.8 Å². The number of aromatic amines is 1. The Bertz CT molecular complexity index is 991. The zero-order valence-corrected chi connectivity index (χ0v) is 13.2. The van der Waals surface area contributed by atoms with Crippen LogP contribution in [0.25, 0.3) is 21.7 Å². The molecule has 0 aliphatic heterocycles. The van der Waals surface area contributed by atoms with E-state index in [9.17, 15) is 4.79 Å². The van der Waals surface area contributed by atoms with Gasteiger partial charge in [-0.15, -0.1) is 0 Å². The molecule has 0 fully saturated rings. The Hall–Kier alpha value is -2.56. The lowest BCUT2D eigenvalue weighted by Gasteiger charge is -2.21. The van der Waals surface area contributed by atoms with Crippen molar-refractivity contribution in [3.05, 3.63) is 39.9 Å². The molecule has 0 saturated carbocycles. The molecule has 0 amide bonds. The molecule has 1 unspecified atom stereocenters. The highest BCUT2D eigenvalue weighted by atomic mass is 16.5. The van der Waals surface area contributed by atoms with Gasteiger partial charge in [0.25, 0.3) is 5.82 Å². The summed E-state index contributed by atoms with van der Waals surface area (Å²) in [6.07, 6.45) is 3.00. The predicted molar refractivity (Wildman–Crippen MR) is 88.7 cm³/mol. The minimum atomic E-state index is -0.424. The van der Waals surface area contributed by atoms with Crippen LogP contribution in [0.2, 0.25) is 0 Å². The highest BCUT2D eigenvalue weighted by molar-refractivity contribution is 6.10. The van der Waals surface area contributed by atoms with Crippen LogP contribution in [0.15, 0.2) is 27.4 Å². The number of methoxy groups -OCH3 is 1. The first-order valence-corrected chi connectivity index (χ1v) is 7.86. The number of ether oxygens (including phenoxy) is 1. The van der Waals surface area contributed by atoms with E-state index in [1.807, 2.05) is 12.1 Å². The normalized spacial score (nSPS) is 17.4. The number of pyridine rings is 1. The second-order valence-electron chi connectivity index (χ2n) is 6.32. The molecule has 1 aliphatic carbocycles. The Morgan fingerprint density at radius 2 is 2.17 bits per heavy atom. The van der Waals surface area contributed by atoms with Gasteiger partial charge in [-0.3, -0.25) is 5.73 Å². The van der Waals surface area contributed by atoms with Gasteiger partial charge in [-0.05, 0) is 24.8 Å². The van der Waals surface area contributed by atoms with Crippen LogP contribution in [0.5, 0.6) is 5.75 Å². The van der Waals surface area contributed by atoms with Crippen molar-refractivity contribution in [3.63, 3.8) is 0 Å². The van der Waals surface area contributed by atoms with Crippen molar-refractivity contribution in [1.82, 2.24) is 0 Å². The Kier molecular flexibility index (Phi) is 3.04. The minimum absolute atomic E-state index is 0.381. The Labute approximate surface area is 133 Å². The lowest BCUT2D eigenvalue weighted by Crippen LogP contribution is -2.27. The molecule has 0 spiro atoms. The van der Waals surface area contributed by atoms with Crippen molar-refractivity contribution in [1.29, 1.82) is 0 Å². The zero-order valence-electron chi connectivity index (χ0n) is 13.2. The number of nitrogens with one attached hydrogen (secondary N) is 1. The topological polar surface area (TPSA) is 79.6 Å². The Morgan fingerprint density at radius 1 is 1.35 bits per heavy atom. The monoisotopic (exact) mass is 311 g/mol. The first-order chi connectivity index (χ1) is 11.1. The second kappa shape index (κ2) is 4.98. The lowest BCUT2D eigenvalue weighted by molar-refractivity contribution is -0.373. The lowest BCUT2D eigenvalue weighted by atomic mass is 9.84. The van der Waals surface area contributed by atoms with Crippen molar-refractivity contribution in [2.45, 2.75) is 26.2 Å². The molecule has 118 valence electrons. The molecule has 3 N–H and O–H groups in total. The summed E-state index contributed by atoms with van der Waals surface area (Å²) in [7, 11) is 1.57. The van der Waals surface area contributed by atoms with E-state index in [0.717, 1.165) is 35.7 Å². The Balaban J connectivity index is 2.25.